The van der Waals surface area contributed by atoms with E-state index in [-0.39, 0.29) is 11.3 Å². The number of carboxylic acids is 2. The lowest BCUT2D eigenvalue weighted by Crippen LogP contribution is -2.42. The highest BCUT2D eigenvalue weighted by Gasteiger charge is 2.32. The molecule has 0 aliphatic carbocycles. The number of hydrogen-bond acceptors (Lipinski definition) is 4. The predicted octanol–water partition coefficient (Wildman–Crippen LogP) is 0.625. The zero-order valence-corrected chi connectivity index (χ0v) is 11.6. The van der Waals surface area contributed by atoms with Gasteiger partial charge in [-0.05, 0) is 18.6 Å². The fraction of sp³-hybridized carbons (Fsp3) is 0.333. The molecule has 7 nitrogen and oxygen atoms in total. The maximum Gasteiger partial charge on any atom is 0.322 e. The van der Waals surface area contributed by atoms with Crippen molar-refractivity contribution in [3.63, 3.8) is 0 Å². The largest absolute Gasteiger partial charge is 0.481 e. The van der Waals surface area contributed by atoms with Gasteiger partial charge in [-0.25, -0.2) is 8.42 Å². The number of rotatable bonds is 7. The second-order valence-electron chi connectivity index (χ2n) is 4.12. The highest BCUT2D eigenvalue weighted by molar-refractivity contribution is 7.89. The Kier molecular flexibility index (Phi) is 5.23. The van der Waals surface area contributed by atoms with Crippen LogP contribution < -0.4 is 0 Å². The molecular formula is C12H15NO6S. The summed E-state index contributed by atoms with van der Waals surface area (Å²) in [5.74, 6) is -2.56. The van der Waals surface area contributed by atoms with Gasteiger partial charge in [0.05, 0.1) is 4.90 Å². The molecule has 1 aromatic carbocycles. The van der Waals surface area contributed by atoms with Gasteiger partial charge in [0.1, 0.15) is 6.04 Å². The Balaban J connectivity index is 3.03. The molecule has 0 heterocycles. The van der Waals surface area contributed by atoms with Crippen LogP contribution in [-0.2, 0) is 19.6 Å². The van der Waals surface area contributed by atoms with Gasteiger partial charge in [-0.3, -0.25) is 9.59 Å². The molecule has 0 bridgehead atoms. The van der Waals surface area contributed by atoms with Crippen molar-refractivity contribution in [1.29, 1.82) is 0 Å². The minimum atomic E-state index is -3.97. The van der Waals surface area contributed by atoms with Gasteiger partial charge in [-0.2, -0.15) is 4.31 Å². The Labute approximate surface area is 116 Å². The molecule has 1 aromatic rings. The quantitative estimate of drug-likeness (QED) is 0.763. The third-order valence-electron chi connectivity index (χ3n) is 2.78. The fourth-order valence-corrected chi connectivity index (χ4v) is 3.01. The SMILES string of the molecule is CN([C@@H](CCC(=O)O)C(=O)O)S(=O)(=O)c1ccccc1. The van der Waals surface area contributed by atoms with E-state index in [2.05, 4.69) is 0 Å². The Morgan fingerprint density at radius 1 is 1.20 bits per heavy atom. The Hall–Kier alpha value is -1.93. The molecule has 0 spiro atoms. The number of carbonyl (C=O) groups is 2. The summed E-state index contributed by atoms with van der Waals surface area (Å²) in [7, 11) is -2.84. The van der Waals surface area contributed by atoms with Gasteiger partial charge in [-0.1, -0.05) is 18.2 Å². The molecule has 0 fully saturated rings. The van der Waals surface area contributed by atoms with Crippen molar-refractivity contribution in [1.82, 2.24) is 4.31 Å². The van der Waals surface area contributed by atoms with Gasteiger partial charge in [0.25, 0.3) is 0 Å². The normalized spacial score (nSPS) is 13.1. The first-order valence-electron chi connectivity index (χ1n) is 5.74. The summed E-state index contributed by atoms with van der Waals surface area (Å²) in [4.78, 5) is 21.6. The van der Waals surface area contributed by atoms with Crippen molar-refractivity contribution >= 4 is 22.0 Å². The van der Waals surface area contributed by atoms with Crippen molar-refractivity contribution in [2.75, 3.05) is 7.05 Å². The number of likely N-dealkylation sites (N-methyl/N-ethyl adjacent to an activating group) is 1. The van der Waals surface area contributed by atoms with Crippen LogP contribution in [0.4, 0.5) is 0 Å². The number of aliphatic carboxylic acids is 2. The van der Waals surface area contributed by atoms with Crippen LogP contribution in [0.3, 0.4) is 0 Å². The monoisotopic (exact) mass is 301 g/mol. The van der Waals surface area contributed by atoms with E-state index in [0.717, 1.165) is 7.05 Å². The Bertz CT molecular complexity index is 583. The van der Waals surface area contributed by atoms with Crippen LogP contribution in [0.1, 0.15) is 12.8 Å². The van der Waals surface area contributed by atoms with Crippen LogP contribution in [0.15, 0.2) is 35.2 Å². The molecule has 0 aliphatic heterocycles. The van der Waals surface area contributed by atoms with E-state index in [1.165, 1.54) is 24.3 Å². The predicted molar refractivity (Wildman–Crippen MR) is 69.7 cm³/mol. The molecule has 0 saturated carbocycles. The third kappa shape index (κ3) is 3.78. The maximum absolute atomic E-state index is 12.2. The zero-order valence-electron chi connectivity index (χ0n) is 10.8. The van der Waals surface area contributed by atoms with Gasteiger partial charge < -0.3 is 10.2 Å². The van der Waals surface area contributed by atoms with Crippen LogP contribution >= 0.6 is 0 Å². The van der Waals surface area contributed by atoms with Crippen molar-refractivity contribution < 1.29 is 28.2 Å². The maximum atomic E-state index is 12.2. The summed E-state index contributed by atoms with van der Waals surface area (Å²) >= 11 is 0. The molecule has 2 N–H and O–H groups in total. The number of nitrogens with zero attached hydrogens (tertiary/aromatic N) is 1. The minimum absolute atomic E-state index is 0.0379. The number of benzene rings is 1. The van der Waals surface area contributed by atoms with Crippen molar-refractivity contribution in [3.05, 3.63) is 30.3 Å². The van der Waals surface area contributed by atoms with Gasteiger partial charge >= 0.3 is 11.9 Å². The first-order valence-corrected chi connectivity index (χ1v) is 7.18. The van der Waals surface area contributed by atoms with Gasteiger partial charge in [0, 0.05) is 13.5 Å². The average Bonchev–Trinajstić information content (AvgIpc) is 2.39. The summed E-state index contributed by atoms with van der Waals surface area (Å²) < 4.78 is 25.2. The highest BCUT2D eigenvalue weighted by Crippen LogP contribution is 2.18. The molecule has 1 atom stereocenters. The third-order valence-corrected chi connectivity index (χ3v) is 4.66. The molecular weight excluding hydrogens is 286 g/mol. The summed E-state index contributed by atoms with van der Waals surface area (Å²) in [6.45, 7) is 0. The van der Waals surface area contributed by atoms with E-state index in [0.29, 0.717) is 4.31 Å². The van der Waals surface area contributed by atoms with E-state index in [4.69, 9.17) is 10.2 Å². The van der Waals surface area contributed by atoms with Crippen molar-refractivity contribution in [2.45, 2.75) is 23.8 Å². The lowest BCUT2D eigenvalue weighted by atomic mass is 10.1. The number of sulfonamides is 1. The summed E-state index contributed by atoms with van der Waals surface area (Å²) in [6.07, 6.45) is -0.723. The average molecular weight is 301 g/mol. The molecule has 0 aliphatic rings. The Morgan fingerprint density at radius 2 is 1.75 bits per heavy atom. The van der Waals surface area contributed by atoms with Crippen LogP contribution in [-0.4, -0.2) is 48.0 Å². The summed E-state index contributed by atoms with van der Waals surface area (Å²) in [5.41, 5.74) is 0. The lowest BCUT2D eigenvalue weighted by Gasteiger charge is -2.23. The van der Waals surface area contributed by atoms with Gasteiger partial charge in [0.15, 0.2) is 0 Å². The topological polar surface area (TPSA) is 112 Å². The smallest absolute Gasteiger partial charge is 0.322 e. The Morgan fingerprint density at radius 3 is 2.20 bits per heavy atom. The lowest BCUT2D eigenvalue weighted by molar-refractivity contribution is -0.142. The summed E-state index contributed by atoms with van der Waals surface area (Å²) in [5, 5.41) is 17.7. The molecule has 0 radical (unpaired) electrons. The molecule has 0 amide bonds. The molecule has 0 saturated heterocycles. The molecule has 0 unspecified atom stereocenters. The van der Waals surface area contributed by atoms with E-state index >= 15 is 0 Å². The van der Waals surface area contributed by atoms with E-state index < -0.39 is 34.4 Å². The van der Waals surface area contributed by atoms with Crippen LogP contribution in [0.5, 0.6) is 0 Å². The van der Waals surface area contributed by atoms with E-state index in [1.807, 2.05) is 0 Å². The van der Waals surface area contributed by atoms with Crippen LogP contribution in [0.2, 0.25) is 0 Å². The molecule has 20 heavy (non-hydrogen) atoms. The first kappa shape index (κ1) is 16.1. The molecule has 110 valence electrons. The highest BCUT2D eigenvalue weighted by atomic mass is 32.2. The molecule has 8 heteroatoms. The van der Waals surface area contributed by atoms with E-state index in [9.17, 15) is 18.0 Å². The van der Waals surface area contributed by atoms with Crippen LogP contribution in [0.25, 0.3) is 0 Å². The van der Waals surface area contributed by atoms with Crippen LogP contribution in [0, 0.1) is 0 Å². The molecule has 0 aromatic heterocycles. The minimum Gasteiger partial charge on any atom is -0.481 e. The zero-order chi connectivity index (χ0) is 15.3. The van der Waals surface area contributed by atoms with E-state index in [1.54, 1.807) is 6.07 Å². The second kappa shape index (κ2) is 6.49. The fourth-order valence-electron chi connectivity index (χ4n) is 1.65. The van der Waals surface area contributed by atoms with Crippen molar-refractivity contribution in [2.24, 2.45) is 0 Å². The molecule has 1 rings (SSSR count). The standard InChI is InChI=1S/C12H15NO6S/c1-13(10(12(16)17)7-8-11(14)15)20(18,19)9-5-3-2-4-6-9/h2-6,10H,7-8H2,1H3,(H,14,15)(H,16,17)/t10-/m0/s1. The van der Waals surface area contributed by atoms with Crippen molar-refractivity contribution in [3.8, 4) is 0 Å². The van der Waals surface area contributed by atoms with Gasteiger partial charge in [0.2, 0.25) is 10.0 Å². The number of hydrogen-bond donors (Lipinski definition) is 2. The number of carboxylic acid groups (broad SMARTS) is 2. The summed E-state index contributed by atoms with van der Waals surface area (Å²) in [6, 6.07) is 5.96. The first-order chi connectivity index (χ1) is 9.26. The second-order valence-corrected chi connectivity index (χ2v) is 6.12. The van der Waals surface area contributed by atoms with Gasteiger partial charge in [-0.15, -0.1) is 0 Å².